The number of benzene rings is 3. The van der Waals surface area contributed by atoms with E-state index in [4.69, 9.17) is 19.7 Å². The van der Waals surface area contributed by atoms with Gasteiger partial charge in [-0.25, -0.2) is 66.2 Å². The molecule has 608 valence electrons. The first-order valence-electron chi connectivity index (χ1n) is 39.3. The molecule has 6 aliphatic carbocycles. The number of halogens is 6. The molecule has 11 aromatic rings. The molecular weight excluding hydrogens is 1540 g/mol. The summed E-state index contributed by atoms with van der Waals surface area (Å²) < 4.78 is 120. The number of anilines is 1. The highest BCUT2D eigenvalue weighted by Crippen LogP contribution is 2.72. The fourth-order valence-electron chi connectivity index (χ4n) is 20.3. The Kier molecular flexibility index (Phi) is 19.6. The number of phenols is 1. The van der Waals surface area contributed by atoms with E-state index in [0.29, 0.717) is 41.6 Å². The summed E-state index contributed by atoms with van der Waals surface area (Å²) in [7, 11) is -4.15. The first-order valence-corrected chi connectivity index (χ1v) is 43.9. The number of fused-ring (bicyclic) bond motifs is 15. The van der Waals surface area contributed by atoms with Gasteiger partial charge < -0.3 is 14.7 Å². The summed E-state index contributed by atoms with van der Waals surface area (Å²) in [5, 5.41) is 45.4. The Morgan fingerprint density at radius 2 is 0.855 bits per heavy atom. The summed E-state index contributed by atoms with van der Waals surface area (Å²) in [4.78, 5) is 41.8. The van der Waals surface area contributed by atoms with Gasteiger partial charge in [-0.05, 0) is 187 Å². The van der Waals surface area contributed by atoms with Crippen LogP contribution in [0, 0.1) is 56.6 Å². The highest BCUT2D eigenvalue weighted by atomic mass is 32.2. The van der Waals surface area contributed by atoms with Crippen molar-refractivity contribution in [2.75, 3.05) is 74.9 Å². The smallest absolute Gasteiger partial charge is 0.252 e. The minimum absolute atomic E-state index is 0.0768. The monoisotopic (exact) mass is 1630 g/mol. The number of phenolic OH excluding ortho intramolecular Hbond substituents is 1. The van der Waals surface area contributed by atoms with Gasteiger partial charge in [0.15, 0.2) is 11.6 Å². The fraction of sp³-hybridized carbons (Fsp3) is 0.435. The lowest BCUT2D eigenvalue weighted by Gasteiger charge is -2.38. The van der Waals surface area contributed by atoms with E-state index in [2.05, 4.69) is 136 Å². The van der Waals surface area contributed by atoms with Crippen LogP contribution in [0.25, 0.3) is 45.7 Å². The average molecular weight is 1630 g/mol. The van der Waals surface area contributed by atoms with E-state index in [0.717, 1.165) is 166 Å². The minimum atomic E-state index is -2.16. The van der Waals surface area contributed by atoms with Crippen LogP contribution in [0.2, 0.25) is 0 Å². The van der Waals surface area contributed by atoms with Crippen molar-refractivity contribution in [3.8, 4) is 51.4 Å². The van der Waals surface area contributed by atoms with Crippen molar-refractivity contribution in [2.24, 2.45) is 21.7 Å². The van der Waals surface area contributed by atoms with Crippen LogP contribution in [0.5, 0.6) is 5.75 Å². The van der Waals surface area contributed by atoms with Gasteiger partial charge in [0.25, 0.3) is 11.9 Å². The van der Waals surface area contributed by atoms with Gasteiger partial charge in [0.1, 0.15) is 53.3 Å². The Balaban J connectivity index is 0.000000126. The van der Waals surface area contributed by atoms with E-state index in [1.807, 2.05) is 36.5 Å². The summed E-state index contributed by atoms with van der Waals surface area (Å²) in [6.07, 6.45) is 19.1. The Morgan fingerprint density at radius 3 is 1.24 bits per heavy atom. The third kappa shape index (κ3) is 13.3. The lowest BCUT2D eigenvalue weighted by atomic mass is 9.66. The molecule has 8 aromatic heterocycles. The van der Waals surface area contributed by atoms with Crippen molar-refractivity contribution in [1.82, 2.24) is 94.9 Å². The number of hydrogen-bond acceptors (Lipinski definition) is 22. The number of aryl methyl sites for hydroxylation is 2. The quantitative estimate of drug-likeness (QED) is 0.0617. The van der Waals surface area contributed by atoms with Gasteiger partial charge >= 0.3 is 0 Å². The van der Waals surface area contributed by atoms with Gasteiger partial charge in [-0.1, -0.05) is 60.6 Å². The lowest BCUT2D eigenvalue weighted by molar-refractivity contribution is -0.105. The SMILES string of the molecule is C=S(C)(=O)CCN1CCN(c2nccc([C@@]34CC[C@@H](c5cc(-c6c(F)cccc6F)nnc53)C4(C)C)n2)CC1.C=S(C)(=O)CCc1ncn(-c2nccc([C@@]34CC[C@@H](c5cc(-c6c(F)cc(O)cc6F)nnc53)C4(C)C)n2)n1.CC1(CCc2ncn(-c3nccc([C@@]45CC[C@@H](c6cc(-c7c(F)cccc7F)nnc64)C5(C)C)n3)n2)COC1. The molecule has 5 fully saturated rings. The number of aromatic nitrogens is 18. The molecule has 3 aromatic carbocycles. The molecule has 24 nitrogen and oxygen atoms in total. The maximum absolute atomic E-state index is 14.6. The summed E-state index contributed by atoms with van der Waals surface area (Å²) in [5.74, 6) is 6.74. The van der Waals surface area contributed by atoms with Crippen LogP contribution in [-0.4, -0.2) is 190 Å². The van der Waals surface area contributed by atoms with Crippen molar-refractivity contribution in [1.29, 1.82) is 0 Å². The molecule has 8 aliphatic rings. The molecule has 1 N–H and O–H groups in total. The average Bonchev–Trinajstić information content (AvgIpc) is 1.53. The van der Waals surface area contributed by atoms with Crippen molar-refractivity contribution >= 4 is 36.7 Å². The van der Waals surface area contributed by atoms with Crippen LogP contribution in [0.4, 0.5) is 32.3 Å². The van der Waals surface area contributed by atoms with Crippen LogP contribution in [0.1, 0.15) is 174 Å². The topological polar surface area (TPSA) is 286 Å². The van der Waals surface area contributed by atoms with Crippen molar-refractivity contribution < 1.29 is 44.6 Å². The summed E-state index contributed by atoms with van der Waals surface area (Å²) >= 11 is 0. The molecule has 0 amide bonds. The summed E-state index contributed by atoms with van der Waals surface area (Å²) in [5.41, 5.74) is 5.61. The highest BCUT2D eigenvalue weighted by molar-refractivity contribution is 7.99. The predicted octanol–water partition coefficient (Wildman–Crippen LogP) is 12.4. The van der Waals surface area contributed by atoms with E-state index >= 15 is 0 Å². The third-order valence-corrected chi connectivity index (χ3v) is 28.8. The van der Waals surface area contributed by atoms with Gasteiger partial charge in [-0.15, -0.1) is 25.5 Å². The van der Waals surface area contributed by atoms with Crippen molar-refractivity contribution in [3.63, 3.8) is 0 Å². The lowest BCUT2D eigenvalue weighted by Crippen LogP contribution is -2.48. The van der Waals surface area contributed by atoms with Crippen molar-refractivity contribution in [3.05, 3.63) is 214 Å². The summed E-state index contributed by atoms with van der Waals surface area (Å²) in [6.45, 7) is 21.1. The standard InChI is InChI=1S/C29H29F2N7O.C29H34F2N6OS.C27H27F2N7O2S/c1-27(2)18-7-11-29(27,25-17(18)13-21(35-36-25)24-19(30)5-4-6-20(24)31)22-9-12-32-26(34-22)38-16-33-23(37-38)8-10-28(3)14-39-15-28;1-28(2)20-8-10-29(28,26-19(20)18-23(34-35-26)25-21(30)6-5-7-22(25)31)24-9-11-32-27(33-24)37-14-12-36(13-15-37)16-17-39(3,4)38;1-26(2)17-5-8-27(26,24-16(17)13-20(33-34-24)23-18(28)11-15(37)12-19(23)29)21-6-9-30-25(32-21)36-14-31-22(35-36)7-10-39(3,4)38/h4-6,9,12-13,16,18H,7-8,10-11,14-15H2,1-3H3;5-7,9,11,18,20H,3,8,10,12-17H2,1-2,4H3;6,9,11-14,17,37H,3,5,7-8,10H2,1-2,4H3/t18-,29-;20-,29-,39?;17-,27-,39?/m000/s1. The molecule has 6 bridgehead atoms. The molecule has 8 atom stereocenters. The zero-order valence-electron chi connectivity index (χ0n) is 66.5. The second kappa shape index (κ2) is 29.0. The molecular formula is C85H90F6N20O4S2. The molecule has 117 heavy (non-hydrogen) atoms. The molecule has 19 rings (SSSR count). The maximum Gasteiger partial charge on any atom is 0.252 e. The maximum atomic E-state index is 14.6. The zero-order valence-corrected chi connectivity index (χ0v) is 68.2. The van der Waals surface area contributed by atoms with E-state index in [9.17, 15) is 39.9 Å². The van der Waals surface area contributed by atoms with Gasteiger partial charge in [0.2, 0.25) is 5.95 Å². The van der Waals surface area contributed by atoms with Gasteiger partial charge in [-0.3, -0.25) is 13.3 Å². The van der Waals surface area contributed by atoms with Crippen LogP contribution >= 0.6 is 0 Å². The summed E-state index contributed by atoms with van der Waals surface area (Å²) in [6, 6.07) is 20.6. The Hall–Kier alpha value is -10.4. The molecule has 10 heterocycles. The predicted molar refractivity (Wildman–Crippen MR) is 431 cm³/mol. The minimum Gasteiger partial charge on any atom is -0.508 e. The number of piperazine rings is 1. The Labute approximate surface area is 674 Å². The van der Waals surface area contributed by atoms with Crippen LogP contribution in [-0.2, 0) is 52.9 Å². The number of rotatable bonds is 18. The molecule has 3 saturated carbocycles. The zero-order chi connectivity index (χ0) is 82.3. The van der Waals surface area contributed by atoms with E-state index in [1.54, 1.807) is 42.0 Å². The Bertz CT molecular complexity index is 5950. The molecule has 2 saturated heterocycles. The highest BCUT2D eigenvalue weighted by Gasteiger charge is 2.68. The van der Waals surface area contributed by atoms with Crippen LogP contribution in [0.15, 0.2) is 116 Å². The van der Waals surface area contributed by atoms with Gasteiger partial charge in [0, 0.05) is 106 Å². The number of hydrogen-bond donors (Lipinski definition) is 1. The van der Waals surface area contributed by atoms with Crippen LogP contribution < -0.4 is 4.90 Å². The van der Waals surface area contributed by atoms with E-state index in [-0.39, 0.29) is 73.2 Å². The third-order valence-electron chi connectivity index (χ3n) is 26.7. The number of ether oxygens (including phenoxy) is 1. The fourth-order valence-corrected chi connectivity index (χ4v) is 21.5. The number of aromatic hydroxyl groups is 1. The second-order valence-corrected chi connectivity index (χ2v) is 40.4. The molecule has 2 aliphatic heterocycles. The molecule has 0 radical (unpaired) electrons. The normalized spacial score (nSPS) is 24.0. The van der Waals surface area contributed by atoms with Crippen LogP contribution in [0.3, 0.4) is 0 Å². The van der Waals surface area contributed by atoms with Crippen molar-refractivity contribution in [2.45, 2.75) is 140 Å². The first kappa shape index (κ1) is 79.0. The second-order valence-electron chi connectivity index (χ2n) is 34.8. The number of nitrogens with zero attached hydrogens (tertiary/aromatic N) is 20. The largest absolute Gasteiger partial charge is 0.508 e. The van der Waals surface area contributed by atoms with Gasteiger partial charge in [-0.2, -0.15) is 24.7 Å². The first-order chi connectivity index (χ1) is 55.6. The van der Waals surface area contributed by atoms with Gasteiger partial charge in [0.05, 0.1) is 97.4 Å². The Morgan fingerprint density at radius 1 is 0.479 bits per heavy atom. The molecule has 32 heteroatoms. The molecule has 2 unspecified atom stereocenters. The van der Waals surface area contributed by atoms with E-state index < -0.39 is 75.9 Å². The van der Waals surface area contributed by atoms with E-state index in [1.165, 1.54) is 47.4 Å². The molecule has 0 spiro atoms.